The zero-order valence-corrected chi connectivity index (χ0v) is 12.8. The molecule has 0 heterocycles. The maximum Gasteiger partial charge on any atom is 0.123 e. The van der Waals surface area contributed by atoms with Crippen molar-refractivity contribution < 1.29 is 4.74 Å². The molecule has 2 nitrogen and oxygen atoms in total. The Morgan fingerprint density at radius 2 is 1.94 bits per heavy atom. The monoisotopic (exact) mass is 269 g/mol. The van der Waals surface area contributed by atoms with Crippen LogP contribution in [0.15, 0.2) is 12.1 Å². The predicted molar refractivity (Wildman–Crippen MR) is 78.9 cm³/mol. The maximum absolute atomic E-state index is 6.18. The van der Waals surface area contributed by atoms with E-state index in [1.165, 1.54) is 5.56 Å². The van der Waals surface area contributed by atoms with Crippen molar-refractivity contribution in [3.63, 3.8) is 0 Å². The van der Waals surface area contributed by atoms with Crippen molar-refractivity contribution >= 4 is 11.6 Å². The maximum atomic E-state index is 6.18. The molecule has 0 amide bonds. The molecule has 0 aromatic heterocycles. The van der Waals surface area contributed by atoms with Crippen LogP contribution in [0, 0.1) is 6.92 Å². The first-order chi connectivity index (χ1) is 8.45. The first-order valence-corrected chi connectivity index (χ1v) is 7.00. The molecule has 0 aliphatic carbocycles. The average Bonchev–Trinajstić information content (AvgIpc) is 2.30. The number of aryl methyl sites for hydroxylation is 1. The summed E-state index contributed by atoms with van der Waals surface area (Å²) in [5.41, 5.74) is 2.24. The Morgan fingerprint density at radius 3 is 2.50 bits per heavy atom. The normalized spacial score (nSPS) is 12.8. The molecule has 0 spiro atoms. The van der Waals surface area contributed by atoms with Gasteiger partial charge in [-0.25, -0.2) is 0 Å². The van der Waals surface area contributed by atoms with Gasteiger partial charge in [-0.3, -0.25) is 0 Å². The fourth-order valence-electron chi connectivity index (χ4n) is 1.83. The van der Waals surface area contributed by atoms with Gasteiger partial charge in [0, 0.05) is 11.6 Å². The summed E-state index contributed by atoms with van der Waals surface area (Å²) in [5.74, 6) is 1.36. The molecule has 3 heteroatoms. The van der Waals surface area contributed by atoms with E-state index in [-0.39, 0.29) is 6.10 Å². The summed E-state index contributed by atoms with van der Waals surface area (Å²) in [6.07, 6.45) is 0.156. The molecule has 0 saturated heterocycles. The van der Waals surface area contributed by atoms with Gasteiger partial charge in [0.05, 0.1) is 0 Å². The van der Waals surface area contributed by atoms with Crippen LogP contribution in [-0.2, 0) is 0 Å². The molecular formula is C15H24ClNO. The summed E-state index contributed by atoms with van der Waals surface area (Å²) in [7, 11) is 0. The lowest BCUT2D eigenvalue weighted by Crippen LogP contribution is -2.29. The van der Waals surface area contributed by atoms with E-state index >= 15 is 0 Å². The van der Waals surface area contributed by atoms with E-state index in [1.54, 1.807) is 0 Å². The van der Waals surface area contributed by atoms with Gasteiger partial charge in [-0.2, -0.15) is 0 Å². The first-order valence-electron chi connectivity index (χ1n) is 6.63. The van der Waals surface area contributed by atoms with Crippen LogP contribution in [0.25, 0.3) is 0 Å². The lowest BCUT2D eigenvalue weighted by atomic mass is 10.0. The van der Waals surface area contributed by atoms with Gasteiger partial charge in [0.1, 0.15) is 11.9 Å². The van der Waals surface area contributed by atoms with Crippen molar-refractivity contribution in [1.82, 2.24) is 5.32 Å². The molecule has 102 valence electrons. The van der Waals surface area contributed by atoms with Crippen molar-refractivity contribution in [3.8, 4) is 5.75 Å². The van der Waals surface area contributed by atoms with Gasteiger partial charge in [-0.15, -0.1) is 0 Å². The fraction of sp³-hybridized carbons (Fsp3) is 0.600. The molecule has 0 aliphatic heterocycles. The highest BCUT2D eigenvalue weighted by molar-refractivity contribution is 6.31. The number of benzene rings is 1. The van der Waals surface area contributed by atoms with Crippen LogP contribution in [0.3, 0.4) is 0 Å². The molecule has 0 saturated carbocycles. The highest BCUT2D eigenvalue weighted by Crippen LogP contribution is 2.32. The highest BCUT2D eigenvalue weighted by atomic mass is 35.5. The molecule has 18 heavy (non-hydrogen) atoms. The Bertz CT molecular complexity index is 390. The Labute approximate surface area is 116 Å². The van der Waals surface area contributed by atoms with Crippen molar-refractivity contribution in [2.75, 3.05) is 13.1 Å². The third kappa shape index (κ3) is 4.18. The van der Waals surface area contributed by atoms with Crippen molar-refractivity contribution in [2.45, 2.75) is 46.6 Å². The van der Waals surface area contributed by atoms with Gasteiger partial charge >= 0.3 is 0 Å². The van der Waals surface area contributed by atoms with Crippen molar-refractivity contribution in [2.24, 2.45) is 0 Å². The molecule has 1 atom stereocenters. The van der Waals surface area contributed by atoms with Crippen LogP contribution < -0.4 is 10.1 Å². The second kappa shape index (κ2) is 7.01. The van der Waals surface area contributed by atoms with E-state index in [1.807, 2.05) is 19.1 Å². The molecule has 0 aliphatic rings. The number of ether oxygens (including phenoxy) is 1. The second-order valence-electron chi connectivity index (χ2n) is 5.03. The number of nitrogens with one attached hydrogen (secondary N) is 1. The number of hydrogen-bond acceptors (Lipinski definition) is 2. The van der Waals surface area contributed by atoms with Gasteiger partial charge in [-0.1, -0.05) is 32.4 Å². The quantitative estimate of drug-likeness (QED) is 0.838. The minimum atomic E-state index is 0.156. The Morgan fingerprint density at radius 1 is 1.28 bits per heavy atom. The summed E-state index contributed by atoms with van der Waals surface area (Å²) < 4.78 is 6.02. The van der Waals surface area contributed by atoms with Crippen LogP contribution in [0.5, 0.6) is 5.75 Å². The molecular weight excluding hydrogens is 246 g/mol. The van der Waals surface area contributed by atoms with Crippen molar-refractivity contribution in [3.05, 3.63) is 28.3 Å². The predicted octanol–water partition coefficient (Wildman–Crippen LogP) is 4.15. The summed E-state index contributed by atoms with van der Waals surface area (Å²) in [6, 6.07) is 4.07. The number of halogens is 1. The van der Waals surface area contributed by atoms with Crippen LogP contribution in [0.4, 0.5) is 0 Å². The number of rotatable bonds is 6. The minimum Gasteiger partial charge on any atom is -0.489 e. The van der Waals surface area contributed by atoms with Crippen molar-refractivity contribution in [1.29, 1.82) is 0 Å². The zero-order valence-electron chi connectivity index (χ0n) is 12.0. The Hall–Kier alpha value is -0.730. The summed E-state index contributed by atoms with van der Waals surface area (Å²) in [5, 5.41) is 4.10. The lowest BCUT2D eigenvalue weighted by molar-refractivity contribution is 0.215. The van der Waals surface area contributed by atoms with Crippen LogP contribution in [0.2, 0.25) is 5.02 Å². The van der Waals surface area contributed by atoms with E-state index in [0.29, 0.717) is 5.92 Å². The number of hydrogen-bond donors (Lipinski definition) is 1. The molecule has 0 radical (unpaired) electrons. The first kappa shape index (κ1) is 15.3. The van der Waals surface area contributed by atoms with Crippen LogP contribution >= 0.6 is 11.6 Å². The standard InChI is InChI=1S/C15H24ClNO/c1-6-17-9-12(5)18-15-7-11(4)14(16)8-13(15)10(2)3/h7-8,10,12,17H,6,9H2,1-5H3. The van der Waals surface area contributed by atoms with Gasteiger partial charge in [-0.05, 0) is 49.6 Å². The van der Waals surface area contributed by atoms with Crippen LogP contribution in [-0.4, -0.2) is 19.2 Å². The van der Waals surface area contributed by atoms with E-state index in [9.17, 15) is 0 Å². The molecule has 1 N–H and O–H groups in total. The topological polar surface area (TPSA) is 21.3 Å². The molecule has 0 bridgehead atoms. The zero-order chi connectivity index (χ0) is 13.7. The minimum absolute atomic E-state index is 0.156. The van der Waals surface area contributed by atoms with Gasteiger partial charge < -0.3 is 10.1 Å². The average molecular weight is 270 g/mol. The van der Waals surface area contributed by atoms with E-state index in [2.05, 4.69) is 33.0 Å². The fourth-order valence-corrected chi connectivity index (χ4v) is 2.00. The highest BCUT2D eigenvalue weighted by Gasteiger charge is 2.13. The Kier molecular flexibility index (Phi) is 5.97. The van der Waals surface area contributed by atoms with Crippen LogP contribution in [0.1, 0.15) is 44.7 Å². The van der Waals surface area contributed by atoms with E-state index < -0.39 is 0 Å². The largest absolute Gasteiger partial charge is 0.489 e. The molecule has 1 aromatic carbocycles. The molecule has 1 unspecified atom stereocenters. The second-order valence-corrected chi connectivity index (χ2v) is 5.44. The van der Waals surface area contributed by atoms with E-state index in [4.69, 9.17) is 16.3 Å². The van der Waals surface area contributed by atoms with Gasteiger partial charge in [0.25, 0.3) is 0 Å². The van der Waals surface area contributed by atoms with Gasteiger partial charge in [0.2, 0.25) is 0 Å². The van der Waals surface area contributed by atoms with Gasteiger partial charge in [0.15, 0.2) is 0 Å². The Balaban J connectivity index is 2.89. The SMILES string of the molecule is CCNCC(C)Oc1cc(C)c(Cl)cc1C(C)C. The molecule has 1 rings (SSSR count). The summed E-state index contributed by atoms with van der Waals surface area (Å²) in [6.45, 7) is 12.3. The smallest absolute Gasteiger partial charge is 0.123 e. The molecule has 1 aromatic rings. The lowest BCUT2D eigenvalue weighted by Gasteiger charge is -2.20. The third-order valence-electron chi connectivity index (χ3n) is 2.92. The van der Waals surface area contributed by atoms with E-state index in [0.717, 1.165) is 29.4 Å². The third-order valence-corrected chi connectivity index (χ3v) is 3.33. The summed E-state index contributed by atoms with van der Waals surface area (Å²) in [4.78, 5) is 0. The summed E-state index contributed by atoms with van der Waals surface area (Å²) >= 11 is 6.18. The molecule has 0 fully saturated rings. The number of likely N-dealkylation sites (N-methyl/N-ethyl adjacent to an activating group) is 1.